The lowest BCUT2D eigenvalue weighted by molar-refractivity contribution is 0.517. The maximum Gasteiger partial charge on any atom is 0.137 e. The van der Waals surface area contributed by atoms with E-state index in [1.165, 1.54) is 11.6 Å². The van der Waals surface area contributed by atoms with Gasteiger partial charge in [-0.15, -0.1) is 0 Å². The van der Waals surface area contributed by atoms with Crippen LogP contribution in [0.25, 0.3) is 0 Å². The molecule has 0 aliphatic heterocycles. The van der Waals surface area contributed by atoms with Crippen molar-refractivity contribution in [1.82, 2.24) is 9.88 Å². The van der Waals surface area contributed by atoms with Crippen LogP contribution >= 0.6 is 15.9 Å². The third kappa shape index (κ3) is 4.42. The second-order valence-electron chi connectivity index (χ2n) is 5.28. The van der Waals surface area contributed by atoms with Gasteiger partial charge in [0.15, 0.2) is 0 Å². The number of hydrogen-bond acceptors (Lipinski definition) is 1. The molecule has 1 atom stereocenters. The van der Waals surface area contributed by atoms with Crippen LogP contribution in [0.15, 0.2) is 41.1 Å². The molecule has 0 radical (unpaired) electrons. The van der Waals surface area contributed by atoms with Crippen LogP contribution in [0.2, 0.25) is 0 Å². The van der Waals surface area contributed by atoms with Gasteiger partial charge in [-0.1, -0.05) is 19.9 Å². The Labute approximate surface area is 134 Å². The Kier molecular flexibility index (Phi) is 6.00. The molecule has 1 unspecified atom stereocenters. The first-order valence-electron chi connectivity index (χ1n) is 7.47. The van der Waals surface area contributed by atoms with Crippen LogP contribution in [-0.2, 0) is 6.54 Å². The second-order valence-corrected chi connectivity index (χ2v) is 6.13. The molecule has 1 aromatic heterocycles. The third-order valence-corrected chi connectivity index (χ3v) is 4.18. The Morgan fingerprint density at radius 2 is 2.10 bits per heavy atom. The van der Waals surface area contributed by atoms with Crippen LogP contribution in [0.5, 0.6) is 0 Å². The van der Waals surface area contributed by atoms with E-state index in [1.807, 2.05) is 12.1 Å². The summed E-state index contributed by atoms with van der Waals surface area (Å²) in [6.07, 6.45) is 6.48. The average molecular weight is 353 g/mol. The number of hydrogen-bond donors (Lipinski definition) is 1. The highest BCUT2D eigenvalue weighted by molar-refractivity contribution is 9.10. The summed E-state index contributed by atoms with van der Waals surface area (Å²) in [4.78, 5) is 0. The predicted molar refractivity (Wildman–Crippen MR) is 89.0 cm³/mol. The summed E-state index contributed by atoms with van der Waals surface area (Å²) in [5, 5.41) is 3.56. The van der Waals surface area contributed by atoms with Gasteiger partial charge in [-0.3, -0.25) is 0 Å². The number of aromatic nitrogens is 1. The van der Waals surface area contributed by atoms with Gasteiger partial charge < -0.3 is 9.88 Å². The molecule has 1 heterocycles. The van der Waals surface area contributed by atoms with Crippen molar-refractivity contribution in [2.45, 2.75) is 39.3 Å². The summed E-state index contributed by atoms with van der Waals surface area (Å²) in [5.74, 6) is -0.221. The van der Waals surface area contributed by atoms with E-state index in [4.69, 9.17) is 0 Å². The van der Waals surface area contributed by atoms with Crippen LogP contribution in [0.1, 0.15) is 43.9 Å². The Balaban J connectivity index is 2.06. The molecule has 1 aromatic carbocycles. The van der Waals surface area contributed by atoms with E-state index >= 15 is 0 Å². The Hall–Kier alpha value is -1.13. The predicted octanol–water partition coefficient (Wildman–Crippen LogP) is 4.89. The number of halogens is 2. The molecule has 2 aromatic rings. The normalized spacial score (nSPS) is 12.6. The lowest BCUT2D eigenvalue weighted by atomic mass is 10.1. The van der Waals surface area contributed by atoms with Crippen molar-refractivity contribution in [3.63, 3.8) is 0 Å². The maximum atomic E-state index is 13.2. The fourth-order valence-electron chi connectivity index (χ4n) is 2.43. The van der Waals surface area contributed by atoms with E-state index in [0.717, 1.165) is 31.5 Å². The third-order valence-electron chi connectivity index (χ3n) is 3.57. The van der Waals surface area contributed by atoms with Gasteiger partial charge in [-0.05, 0) is 64.6 Å². The largest absolute Gasteiger partial charge is 0.350 e. The van der Waals surface area contributed by atoms with Crippen molar-refractivity contribution in [3.05, 3.63) is 58.1 Å². The molecule has 0 fully saturated rings. The van der Waals surface area contributed by atoms with Gasteiger partial charge >= 0.3 is 0 Å². The van der Waals surface area contributed by atoms with E-state index < -0.39 is 0 Å². The van der Waals surface area contributed by atoms with E-state index in [9.17, 15) is 4.39 Å². The van der Waals surface area contributed by atoms with Gasteiger partial charge in [0, 0.05) is 25.0 Å². The zero-order valence-electron chi connectivity index (χ0n) is 12.6. The molecule has 0 spiro atoms. The molecule has 0 saturated heterocycles. The number of benzene rings is 1. The molecular formula is C17H22BrFN2. The first kappa shape index (κ1) is 16.2. The van der Waals surface area contributed by atoms with Crippen molar-refractivity contribution in [2.24, 2.45) is 0 Å². The summed E-state index contributed by atoms with van der Waals surface area (Å²) in [7, 11) is 0. The smallest absolute Gasteiger partial charge is 0.137 e. The average Bonchev–Trinajstić information content (AvgIpc) is 2.92. The SMILES string of the molecule is CCCNC(CC)c1ccn(Cc2ccc(F)c(Br)c2)c1. The Bertz CT molecular complexity index is 580. The van der Waals surface area contributed by atoms with Crippen molar-refractivity contribution < 1.29 is 4.39 Å². The van der Waals surface area contributed by atoms with Crippen LogP contribution in [0.4, 0.5) is 4.39 Å². The van der Waals surface area contributed by atoms with E-state index in [2.05, 4.69) is 58.1 Å². The lowest BCUT2D eigenvalue weighted by Crippen LogP contribution is -2.21. The molecular weight excluding hydrogens is 331 g/mol. The summed E-state index contributed by atoms with van der Waals surface area (Å²) in [6.45, 7) is 6.16. The summed E-state index contributed by atoms with van der Waals surface area (Å²) in [5.41, 5.74) is 2.40. The molecule has 114 valence electrons. The van der Waals surface area contributed by atoms with Crippen LogP contribution in [0.3, 0.4) is 0 Å². The first-order chi connectivity index (χ1) is 10.1. The first-order valence-corrected chi connectivity index (χ1v) is 8.26. The lowest BCUT2D eigenvalue weighted by Gasteiger charge is -2.15. The summed E-state index contributed by atoms with van der Waals surface area (Å²) < 4.78 is 15.9. The molecule has 1 N–H and O–H groups in total. The minimum atomic E-state index is -0.221. The standard InChI is InChI=1S/C17H22BrFN2/c1-3-8-20-17(4-2)14-7-9-21(12-14)11-13-5-6-16(19)15(18)10-13/h5-7,9-10,12,17,20H,3-4,8,11H2,1-2H3. The minimum absolute atomic E-state index is 0.221. The maximum absolute atomic E-state index is 13.2. The quantitative estimate of drug-likeness (QED) is 0.750. The highest BCUT2D eigenvalue weighted by Gasteiger charge is 2.10. The van der Waals surface area contributed by atoms with E-state index in [0.29, 0.717) is 10.5 Å². The number of nitrogens with zero attached hydrogens (tertiary/aromatic N) is 1. The fraction of sp³-hybridized carbons (Fsp3) is 0.412. The molecule has 4 heteroatoms. The molecule has 0 saturated carbocycles. The van der Waals surface area contributed by atoms with Crippen LogP contribution < -0.4 is 5.32 Å². The van der Waals surface area contributed by atoms with Crippen LogP contribution in [-0.4, -0.2) is 11.1 Å². The molecule has 0 aliphatic carbocycles. The number of rotatable bonds is 7. The molecule has 2 nitrogen and oxygen atoms in total. The summed E-state index contributed by atoms with van der Waals surface area (Å²) >= 11 is 3.23. The topological polar surface area (TPSA) is 17.0 Å². The van der Waals surface area contributed by atoms with Crippen LogP contribution in [0, 0.1) is 5.82 Å². The van der Waals surface area contributed by atoms with Gasteiger partial charge in [0.05, 0.1) is 4.47 Å². The Morgan fingerprint density at radius 3 is 2.76 bits per heavy atom. The van der Waals surface area contributed by atoms with Crippen molar-refractivity contribution >= 4 is 15.9 Å². The highest BCUT2D eigenvalue weighted by atomic mass is 79.9. The fourth-order valence-corrected chi connectivity index (χ4v) is 2.86. The van der Waals surface area contributed by atoms with Gasteiger partial charge in [0.25, 0.3) is 0 Å². The van der Waals surface area contributed by atoms with Crippen molar-refractivity contribution in [2.75, 3.05) is 6.54 Å². The minimum Gasteiger partial charge on any atom is -0.350 e. The number of nitrogens with one attached hydrogen (secondary N) is 1. The van der Waals surface area contributed by atoms with Gasteiger partial charge in [0.1, 0.15) is 5.82 Å². The zero-order chi connectivity index (χ0) is 15.2. The Morgan fingerprint density at radius 1 is 1.29 bits per heavy atom. The molecule has 21 heavy (non-hydrogen) atoms. The van der Waals surface area contributed by atoms with Crippen molar-refractivity contribution in [3.8, 4) is 0 Å². The van der Waals surface area contributed by atoms with Crippen molar-refractivity contribution in [1.29, 1.82) is 0 Å². The monoisotopic (exact) mass is 352 g/mol. The molecule has 0 amide bonds. The zero-order valence-corrected chi connectivity index (χ0v) is 14.2. The molecule has 0 aliphatic rings. The van der Waals surface area contributed by atoms with Gasteiger partial charge in [0.2, 0.25) is 0 Å². The molecule has 2 rings (SSSR count). The summed E-state index contributed by atoms with van der Waals surface area (Å²) in [6, 6.07) is 7.73. The van der Waals surface area contributed by atoms with E-state index in [1.54, 1.807) is 0 Å². The second kappa shape index (κ2) is 7.76. The van der Waals surface area contributed by atoms with Gasteiger partial charge in [-0.2, -0.15) is 0 Å². The molecule has 0 bridgehead atoms. The van der Waals surface area contributed by atoms with Gasteiger partial charge in [-0.25, -0.2) is 4.39 Å². The van der Waals surface area contributed by atoms with E-state index in [-0.39, 0.29) is 5.82 Å². The highest BCUT2D eigenvalue weighted by Crippen LogP contribution is 2.20.